The van der Waals surface area contributed by atoms with Crippen LogP contribution in [0.3, 0.4) is 0 Å². The molecule has 17 nitrogen and oxygen atoms in total. The van der Waals surface area contributed by atoms with E-state index < -0.39 is 97.5 Å². The van der Waals surface area contributed by atoms with E-state index in [0.717, 1.165) is 108 Å². The summed E-state index contributed by atoms with van der Waals surface area (Å²) in [5.74, 6) is 0.351. The highest BCUT2D eigenvalue weighted by molar-refractivity contribution is 7.47. The number of aliphatic hydroxyl groups excluding tert-OH is 1. The number of unbranched alkanes of at least 4 members (excludes halogenated alkanes) is 50. The maximum atomic E-state index is 13.1. The first-order valence-electron chi connectivity index (χ1n) is 43.9. The number of carbonyl (C=O) groups is 4. The maximum absolute atomic E-state index is 13.1. The number of rotatable bonds is 83. The largest absolute Gasteiger partial charge is 0.472 e. The SMILES string of the molecule is CCCCCCCCCCCC(=O)OC[C@H](COP(=O)(O)OC[C@H](O)COP(=O)(O)OC[C@@H](COC(=O)CCCCCCCCCCCCCCCCC(C)CC)OC(=O)CCCCCCCCCCCCCCCCCCCCC(C)C)OC(=O)CCCCCCCCCCCCCCCC(C)C. The third kappa shape index (κ3) is 76.8. The van der Waals surface area contributed by atoms with E-state index in [4.69, 9.17) is 37.0 Å². The zero-order chi connectivity index (χ0) is 76.5. The number of phosphoric ester groups is 2. The van der Waals surface area contributed by atoms with Gasteiger partial charge >= 0.3 is 39.5 Å². The zero-order valence-corrected chi connectivity index (χ0v) is 70.3. The summed E-state index contributed by atoms with van der Waals surface area (Å²) in [4.78, 5) is 73.1. The molecule has 0 aromatic heterocycles. The highest BCUT2D eigenvalue weighted by atomic mass is 31.2. The van der Waals surface area contributed by atoms with E-state index in [-0.39, 0.29) is 25.7 Å². The first-order valence-corrected chi connectivity index (χ1v) is 46.9. The van der Waals surface area contributed by atoms with Crippen molar-refractivity contribution >= 4 is 39.5 Å². The fourth-order valence-electron chi connectivity index (χ4n) is 13.2. The van der Waals surface area contributed by atoms with Gasteiger partial charge in [-0.2, -0.15) is 0 Å². The molecule has 0 saturated heterocycles. The van der Waals surface area contributed by atoms with Crippen LogP contribution >= 0.6 is 15.6 Å². The number of hydrogen-bond acceptors (Lipinski definition) is 15. The van der Waals surface area contributed by atoms with Crippen LogP contribution in [-0.2, 0) is 65.4 Å². The molecule has 104 heavy (non-hydrogen) atoms. The van der Waals surface area contributed by atoms with Gasteiger partial charge < -0.3 is 33.8 Å². The highest BCUT2D eigenvalue weighted by Crippen LogP contribution is 2.45. The van der Waals surface area contributed by atoms with Crippen molar-refractivity contribution in [3.05, 3.63) is 0 Å². The molecule has 0 aliphatic rings. The van der Waals surface area contributed by atoms with Gasteiger partial charge in [-0.1, -0.05) is 395 Å². The molecule has 0 spiro atoms. The average molecular weight is 1520 g/mol. The van der Waals surface area contributed by atoms with Crippen LogP contribution in [-0.4, -0.2) is 96.7 Å². The molecule has 19 heteroatoms. The molecule has 0 fully saturated rings. The lowest BCUT2D eigenvalue weighted by Gasteiger charge is -2.21. The molecular weight excluding hydrogens is 1350 g/mol. The Kier molecular flexibility index (Phi) is 73.7. The van der Waals surface area contributed by atoms with Crippen LogP contribution in [0.15, 0.2) is 0 Å². The summed E-state index contributed by atoms with van der Waals surface area (Å²) in [7, 11) is -9.92. The van der Waals surface area contributed by atoms with Gasteiger partial charge in [-0.3, -0.25) is 37.3 Å². The predicted molar refractivity (Wildman–Crippen MR) is 428 cm³/mol. The second-order valence-electron chi connectivity index (χ2n) is 31.8. The molecule has 0 aromatic rings. The molecule has 0 amide bonds. The predicted octanol–water partition coefficient (Wildman–Crippen LogP) is 25.7. The van der Waals surface area contributed by atoms with Crippen LogP contribution < -0.4 is 0 Å². The number of esters is 4. The van der Waals surface area contributed by atoms with Crippen molar-refractivity contribution in [3.8, 4) is 0 Å². The van der Waals surface area contributed by atoms with Crippen molar-refractivity contribution in [1.82, 2.24) is 0 Å². The maximum Gasteiger partial charge on any atom is 0.472 e. The smallest absolute Gasteiger partial charge is 0.462 e. The molecule has 0 radical (unpaired) electrons. The van der Waals surface area contributed by atoms with Crippen LogP contribution in [0.1, 0.15) is 447 Å². The van der Waals surface area contributed by atoms with E-state index in [1.54, 1.807) is 0 Å². The van der Waals surface area contributed by atoms with Crippen molar-refractivity contribution in [2.75, 3.05) is 39.6 Å². The summed E-state index contributed by atoms with van der Waals surface area (Å²) in [5.41, 5.74) is 0. The Morgan fingerprint density at radius 1 is 0.279 bits per heavy atom. The Balaban J connectivity index is 5.22. The average Bonchev–Trinajstić information content (AvgIpc) is 0.912. The number of hydrogen-bond donors (Lipinski definition) is 3. The fraction of sp³-hybridized carbons (Fsp3) is 0.953. The van der Waals surface area contributed by atoms with E-state index in [0.29, 0.717) is 25.7 Å². The van der Waals surface area contributed by atoms with Gasteiger partial charge in [0.1, 0.15) is 19.3 Å². The van der Waals surface area contributed by atoms with Gasteiger partial charge in [0, 0.05) is 25.7 Å². The van der Waals surface area contributed by atoms with E-state index >= 15 is 0 Å². The lowest BCUT2D eigenvalue weighted by molar-refractivity contribution is -0.161. The van der Waals surface area contributed by atoms with E-state index in [1.165, 1.54) is 257 Å². The van der Waals surface area contributed by atoms with Crippen LogP contribution in [0.5, 0.6) is 0 Å². The Bertz CT molecular complexity index is 2010. The van der Waals surface area contributed by atoms with Gasteiger partial charge in [-0.15, -0.1) is 0 Å². The Morgan fingerprint density at radius 3 is 0.731 bits per heavy atom. The molecule has 3 unspecified atom stereocenters. The lowest BCUT2D eigenvalue weighted by Crippen LogP contribution is -2.30. The molecule has 6 atom stereocenters. The minimum Gasteiger partial charge on any atom is -0.462 e. The standard InChI is InChI=1S/C85H166O17P2/c1-8-10-11-12-13-35-45-52-59-66-82(87)95-72-80(101-85(90)69-62-55-48-41-34-28-22-24-30-37-43-50-57-64-77(5)6)74-99-103(91,92)97-70-79(86)71-98-104(93,94)100-75-81(73-96-83(88)67-60-53-46-39-32-26-21-20-25-31-38-44-51-58-65-78(7)9-2)102-84(89)68-61-54-47-40-33-27-19-17-15-14-16-18-23-29-36-42-49-56-63-76(3)4/h76-81,86H,8-75H2,1-7H3,(H,91,92)(H,93,94)/t78?,79-,80+,81+/m0/s1. The first-order chi connectivity index (χ1) is 50.3. The van der Waals surface area contributed by atoms with Crippen LogP contribution in [0, 0.1) is 17.8 Å². The summed E-state index contributed by atoms with van der Waals surface area (Å²) < 4.78 is 68.8. The Morgan fingerprint density at radius 2 is 0.490 bits per heavy atom. The van der Waals surface area contributed by atoms with Crippen molar-refractivity contribution in [1.29, 1.82) is 0 Å². The molecule has 0 heterocycles. The van der Waals surface area contributed by atoms with Crippen LogP contribution in [0.4, 0.5) is 0 Å². The van der Waals surface area contributed by atoms with Gasteiger partial charge in [-0.25, -0.2) is 9.13 Å². The highest BCUT2D eigenvalue weighted by Gasteiger charge is 2.30. The summed E-state index contributed by atoms with van der Waals surface area (Å²) in [6, 6.07) is 0. The van der Waals surface area contributed by atoms with Crippen molar-refractivity contribution in [2.24, 2.45) is 17.8 Å². The third-order valence-electron chi connectivity index (χ3n) is 20.2. The number of ether oxygens (including phenoxy) is 4. The van der Waals surface area contributed by atoms with Gasteiger partial charge in [0.15, 0.2) is 12.2 Å². The van der Waals surface area contributed by atoms with E-state index in [1.807, 2.05) is 0 Å². The number of phosphoric acid groups is 2. The second-order valence-corrected chi connectivity index (χ2v) is 34.7. The van der Waals surface area contributed by atoms with Gasteiger partial charge in [0.2, 0.25) is 0 Å². The van der Waals surface area contributed by atoms with E-state index in [2.05, 4.69) is 48.5 Å². The molecular formula is C85H166O17P2. The minimum absolute atomic E-state index is 0.107. The topological polar surface area (TPSA) is 237 Å². The number of carbonyl (C=O) groups excluding carboxylic acids is 4. The van der Waals surface area contributed by atoms with Gasteiger partial charge in [0.05, 0.1) is 26.4 Å². The quantitative estimate of drug-likeness (QED) is 0.0222. The summed E-state index contributed by atoms with van der Waals surface area (Å²) in [6.45, 7) is 12.1. The molecule has 0 aromatic carbocycles. The van der Waals surface area contributed by atoms with Crippen LogP contribution in [0.2, 0.25) is 0 Å². The summed E-state index contributed by atoms with van der Waals surface area (Å²) in [5, 5.41) is 10.7. The lowest BCUT2D eigenvalue weighted by atomic mass is 9.99. The molecule has 3 N–H and O–H groups in total. The van der Waals surface area contributed by atoms with Crippen molar-refractivity contribution in [3.63, 3.8) is 0 Å². The van der Waals surface area contributed by atoms with Gasteiger partial charge in [-0.05, 0) is 43.4 Å². The molecule has 0 aliphatic heterocycles. The monoisotopic (exact) mass is 1520 g/mol. The zero-order valence-electron chi connectivity index (χ0n) is 68.5. The first kappa shape index (κ1) is 102. The summed E-state index contributed by atoms with van der Waals surface area (Å²) in [6.07, 6.45) is 65.2. The van der Waals surface area contributed by atoms with E-state index in [9.17, 15) is 43.2 Å². The summed E-state index contributed by atoms with van der Waals surface area (Å²) >= 11 is 0. The van der Waals surface area contributed by atoms with Crippen molar-refractivity contribution < 1.29 is 80.2 Å². The van der Waals surface area contributed by atoms with Crippen molar-refractivity contribution in [2.45, 2.75) is 465 Å². The second kappa shape index (κ2) is 75.1. The normalized spacial score (nSPS) is 14.2. The molecule has 0 bridgehead atoms. The number of aliphatic hydroxyl groups is 1. The molecule has 618 valence electrons. The fourth-order valence-corrected chi connectivity index (χ4v) is 14.7. The molecule has 0 rings (SSSR count). The van der Waals surface area contributed by atoms with Gasteiger partial charge in [0.25, 0.3) is 0 Å². The Labute approximate surface area is 638 Å². The molecule has 0 saturated carbocycles. The Hall–Kier alpha value is -1.94. The molecule has 0 aliphatic carbocycles. The minimum atomic E-state index is -4.97. The van der Waals surface area contributed by atoms with Crippen LogP contribution in [0.25, 0.3) is 0 Å². The third-order valence-corrected chi connectivity index (χ3v) is 22.1.